The fraction of sp³-hybridized carbons (Fsp3) is 0.235. The number of benzene rings is 2. The van der Waals surface area contributed by atoms with E-state index in [2.05, 4.69) is 11.0 Å². The summed E-state index contributed by atoms with van der Waals surface area (Å²) in [5.41, 5.74) is 1.10. The first-order valence-corrected chi connectivity index (χ1v) is 6.92. The van der Waals surface area contributed by atoms with Gasteiger partial charge in [0.25, 0.3) is 0 Å². The van der Waals surface area contributed by atoms with E-state index in [0.29, 0.717) is 11.5 Å². The topological polar surface area (TPSA) is 36.3 Å². The van der Waals surface area contributed by atoms with Crippen molar-refractivity contribution in [2.75, 3.05) is 18.0 Å². The first-order chi connectivity index (χ1) is 10.2. The first kappa shape index (κ1) is 13.4. The average molecular weight is 282 g/mol. The molecule has 1 atom stereocenters. The van der Waals surface area contributed by atoms with Gasteiger partial charge in [0.1, 0.15) is 17.3 Å². The second kappa shape index (κ2) is 5.84. The summed E-state index contributed by atoms with van der Waals surface area (Å²) in [6.07, 6.45) is 0.921. The van der Waals surface area contributed by atoms with E-state index in [-0.39, 0.29) is 11.7 Å². The molecule has 1 aliphatic rings. The third-order valence-corrected chi connectivity index (χ3v) is 3.62. The molecule has 1 aliphatic heterocycles. The van der Waals surface area contributed by atoms with Crippen LogP contribution in [0.25, 0.3) is 0 Å². The molecule has 0 aromatic heterocycles. The van der Waals surface area contributed by atoms with E-state index in [0.717, 1.165) is 25.2 Å². The van der Waals surface area contributed by atoms with E-state index in [4.69, 9.17) is 10.00 Å². The predicted octanol–water partition coefficient (Wildman–Crippen LogP) is 3.97. The maximum absolute atomic E-state index is 12.8. The molecule has 0 spiro atoms. The maximum atomic E-state index is 12.8. The highest BCUT2D eigenvalue weighted by Gasteiger charge is 2.22. The molecule has 3 nitrogen and oxygen atoms in total. The van der Waals surface area contributed by atoms with Crippen molar-refractivity contribution in [3.05, 3.63) is 54.3 Å². The lowest BCUT2D eigenvalue weighted by atomic mass is 10.1. The van der Waals surface area contributed by atoms with Gasteiger partial charge in [0.2, 0.25) is 0 Å². The van der Waals surface area contributed by atoms with Gasteiger partial charge in [-0.05, 0) is 55.0 Å². The summed E-state index contributed by atoms with van der Waals surface area (Å²) in [5.74, 6) is 1.16. The van der Waals surface area contributed by atoms with E-state index in [1.807, 2.05) is 24.3 Å². The normalized spacial score (nSPS) is 17.5. The van der Waals surface area contributed by atoms with E-state index in [1.54, 1.807) is 12.1 Å². The van der Waals surface area contributed by atoms with Gasteiger partial charge < -0.3 is 9.64 Å². The standard InChI is InChI=1S/C17H15FN2O/c18-14-1-5-16(6-2-14)21-17-7-3-15(4-8-17)20-10-9-13(11-19)12-20/h1-8,13H,9-10,12H2. The number of halogens is 1. The van der Waals surface area contributed by atoms with Crippen LogP contribution in [0.15, 0.2) is 48.5 Å². The lowest BCUT2D eigenvalue weighted by Crippen LogP contribution is -2.18. The summed E-state index contributed by atoms with van der Waals surface area (Å²) in [6, 6.07) is 16.0. The molecule has 0 N–H and O–H groups in total. The SMILES string of the molecule is N#CC1CCN(c2ccc(Oc3ccc(F)cc3)cc2)C1. The van der Waals surface area contributed by atoms with Gasteiger partial charge in [-0.2, -0.15) is 5.26 Å². The molecule has 0 radical (unpaired) electrons. The Morgan fingerprint density at radius 2 is 1.67 bits per heavy atom. The number of hydrogen-bond donors (Lipinski definition) is 0. The van der Waals surface area contributed by atoms with Crippen LogP contribution in [0.3, 0.4) is 0 Å². The molecule has 2 aromatic carbocycles. The quantitative estimate of drug-likeness (QED) is 0.854. The lowest BCUT2D eigenvalue weighted by molar-refractivity contribution is 0.480. The monoisotopic (exact) mass is 282 g/mol. The smallest absolute Gasteiger partial charge is 0.127 e. The second-order valence-corrected chi connectivity index (χ2v) is 5.11. The van der Waals surface area contributed by atoms with Crippen molar-refractivity contribution in [1.29, 1.82) is 5.26 Å². The van der Waals surface area contributed by atoms with Crippen molar-refractivity contribution in [1.82, 2.24) is 0 Å². The van der Waals surface area contributed by atoms with Crippen LogP contribution in [-0.4, -0.2) is 13.1 Å². The van der Waals surface area contributed by atoms with Gasteiger partial charge >= 0.3 is 0 Å². The van der Waals surface area contributed by atoms with Crippen LogP contribution in [0.1, 0.15) is 6.42 Å². The predicted molar refractivity (Wildman–Crippen MR) is 78.8 cm³/mol. The fourth-order valence-electron chi connectivity index (χ4n) is 2.46. The van der Waals surface area contributed by atoms with E-state index in [9.17, 15) is 4.39 Å². The number of hydrogen-bond acceptors (Lipinski definition) is 3. The molecule has 0 aliphatic carbocycles. The van der Waals surface area contributed by atoms with Crippen molar-refractivity contribution in [2.24, 2.45) is 5.92 Å². The molecule has 0 saturated carbocycles. The molecular formula is C17H15FN2O. The minimum Gasteiger partial charge on any atom is -0.457 e. The number of nitrogens with zero attached hydrogens (tertiary/aromatic N) is 2. The van der Waals surface area contributed by atoms with Crippen molar-refractivity contribution >= 4 is 5.69 Å². The highest BCUT2D eigenvalue weighted by molar-refractivity contribution is 5.50. The van der Waals surface area contributed by atoms with Crippen molar-refractivity contribution in [2.45, 2.75) is 6.42 Å². The van der Waals surface area contributed by atoms with E-state index < -0.39 is 0 Å². The Hall–Kier alpha value is -2.54. The van der Waals surface area contributed by atoms with Crippen molar-refractivity contribution in [3.63, 3.8) is 0 Å². The molecule has 1 saturated heterocycles. The first-order valence-electron chi connectivity index (χ1n) is 6.92. The maximum Gasteiger partial charge on any atom is 0.127 e. The van der Waals surface area contributed by atoms with Crippen molar-refractivity contribution in [3.8, 4) is 17.6 Å². The second-order valence-electron chi connectivity index (χ2n) is 5.11. The average Bonchev–Trinajstić information content (AvgIpc) is 2.99. The van der Waals surface area contributed by atoms with Crippen LogP contribution in [-0.2, 0) is 0 Å². The Balaban J connectivity index is 1.67. The number of nitriles is 1. The highest BCUT2D eigenvalue weighted by atomic mass is 19.1. The molecule has 1 heterocycles. The number of rotatable bonds is 3. The van der Waals surface area contributed by atoms with Crippen LogP contribution in [0.4, 0.5) is 10.1 Å². The van der Waals surface area contributed by atoms with E-state index in [1.165, 1.54) is 12.1 Å². The Bertz CT molecular complexity index is 646. The number of anilines is 1. The van der Waals surface area contributed by atoms with Crippen LogP contribution in [0, 0.1) is 23.1 Å². The molecule has 0 amide bonds. The van der Waals surface area contributed by atoms with Crippen LogP contribution in [0.5, 0.6) is 11.5 Å². The zero-order chi connectivity index (χ0) is 14.7. The molecule has 2 aromatic rings. The molecule has 3 rings (SSSR count). The lowest BCUT2D eigenvalue weighted by Gasteiger charge is -2.18. The molecule has 1 fully saturated rings. The van der Waals surface area contributed by atoms with Crippen LogP contribution >= 0.6 is 0 Å². The summed E-state index contributed by atoms with van der Waals surface area (Å²) in [5, 5.41) is 8.94. The summed E-state index contributed by atoms with van der Waals surface area (Å²) >= 11 is 0. The van der Waals surface area contributed by atoms with Gasteiger partial charge in [-0.3, -0.25) is 0 Å². The van der Waals surface area contributed by atoms with Gasteiger partial charge in [0.05, 0.1) is 12.0 Å². The summed E-state index contributed by atoms with van der Waals surface area (Å²) in [7, 11) is 0. The Morgan fingerprint density at radius 3 is 2.24 bits per heavy atom. The largest absolute Gasteiger partial charge is 0.457 e. The van der Waals surface area contributed by atoms with Crippen molar-refractivity contribution < 1.29 is 9.13 Å². The van der Waals surface area contributed by atoms with Gasteiger partial charge in [-0.15, -0.1) is 0 Å². The summed E-state index contributed by atoms with van der Waals surface area (Å²) in [4.78, 5) is 2.20. The van der Waals surface area contributed by atoms with E-state index >= 15 is 0 Å². The third kappa shape index (κ3) is 3.14. The Kier molecular flexibility index (Phi) is 3.74. The fourth-order valence-corrected chi connectivity index (χ4v) is 2.46. The van der Waals surface area contributed by atoms with Crippen LogP contribution < -0.4 is 9.64 Å². The molecule has 21 heavy (non-hydrogen) atoms. The molecule has 106 valence electrons. The van der Waals surface area contributed by atoms with Gasteiger partial charge in [-0.1, -0.05) is 0 Å². The number of ether oxygens (including phenoxy) is 1. The Labute approximate surface area is 123 Å². The van der Waals surface area contributed by atoms with Gasteiger partial charge in [0.15, 0.2) is 0 Å². The zero-order valence-electron chi connectivity index (χ0n) is 11.5. The molecule has 1 unspecified atom stereocenters. The van der Waals surface area contributed by atoms with Gasteiger partial charge in [-0.25, -0.2) is 4.39 Å². The molecular weight excluding hydrogens is 267 g/mol. The zero-order valence-corrected chi connectivity index (χ0v) is 11.5. The van der Waals surface area contributed by atoms with Crippen LogP contribution in [0.2, 0.25) is 0 Å². The highest BCUT2D eigenvalue weighted by Crippen LogP contribution is 2.27. The summed E-state index contributed by atoms with van der Waals surface area (Å²) in [6.45, 7) is 1.70. The molecule has 4 heteroatoms. The summed E-state index contributed by atoms with van der Waals surface area (Å²) < 4.78 is 18.5. The Morgan fingerprint density at radius 1 is 1.05 bits per heavy atom. The van der Waals surface area contributed by atoms with Gasteiger partial charge in [0, 0.05) is 18.8 Å². The molecule has 0 bridgehead atoms. The minimum atomic E-state index is -0.279. The minimum absolute atomic E-state index is 0.125. The third-order valence-electron chi connectivity index (χ3n) is 3.62.